The van der Waals surface area contributed by atoms with Crippen molar-refractivity contribution in [3.05, 3.63) is 21.7 Å². The second-order valence-electron chi connectivity index (χ2n) is 3.87. The molecule has 5 heteroatoms. The lowest BCUT2D eigenvalue weighted by Crippen LogP contribution is -2.29. The number of nitrogens with one attached hydrogen (secondary N) is 1. The van der Waals surface area contributed by atoms with Crippen LogP contribution in [0.3, 0.4) is 0 Å². The predicted octanol–water partition coefficient (Wildman–Crippen LogP) is 0.932. The standard InChI is InChI=1S/C10H17N3O2/c1-5-15-10(3,4)9-12-7(11)6(2)8(14)13-9/h5H2,1-4H3,(H3,11,12,13,14). The summed E-state index contributed by atoms with van der Waals surface area (Å²) in [4.78, 5) is 18.3. The van der Waals surface area contributed by atoms with E-state index in [4.69, 9.17) is 10.5 Å². The Morgan fingerprint density at radius 2 is 2.13 bits per heavy atom. The maximum atomic E-state index is 11.5. The number of aromatic nitrogens is 2. The molecule has 0 radical (unpaired) electrons. The SMILES string of the molecule is CCOC(C)(C)c1nc(N)c(C)c(=O)[nH]1. The van der Waals surface area contributed by atoms with Crippen LogP contribution >= 0.6 is 0 Å². The molecule has 0 aliphatic rings. The molecule has 0 bridgehead atoms. The number of aromatic amines is 1. The molecule has 0 aromatic carbocycles. The summed E-state index contributed by atoms with van der Waals surface area (Å²) in [5.41, 5.74) is 5.22. The maximum absolute atomic E-state index is 11.5. The van der Waals surface area contributed by atoms with Gasteiger partial charge in [0.25, 0.3) is 5.56 Å². The highest BCUT2D eigenvalue weighted by Crippen LogP contribution is 2.20. The van der Waals surface area contributed by atoms with Gasteiger partial charge in [-0.2, -0.15) is 0 Å². The van der Waals surface area contributed by atoms with Crippen molar-refractivity contribution in [3.63, 3.8) is 0 Å². The van der Waals surface area contributed by atoms with E-state index in [9.17, 15) is 4.79 Å². The van der Waals surface area contributed by atoms with Crippen LogP contribution in [0.4, 0.5) is 5.82 Å². The molecule has 0 amide bonds. The van der Waals surface area contributed by atoms with Crippen LogP contribution in [0.2, 0.25) is 0 Å². The van der Waals surface area contributed by atoms with Crippen molar-refractivity contribution in [1.82, 2.24) is 9.97 Å². The zero-order valence-electron chi connectivity index (χ0n) is 9.55. The third kappa shape index (κ3) is 2.36. The fraction of sp³-hybridized carbons (Fsp3) is 0.600. The lowest BCUT2D eigenvalue weighted by molar-refractivity contribution is -0.0208. The molecule has 0 saturated heterocycles. The van der Waals surface area contributed by atoms with Gasteiger partial charge in [0.2, 0.25) is 0 Å². The molecule has 0 aliphatic carbocycles. The van der Waals surface area contributed by atoms with Crippen LogP contribution in [0, 0.1) is 6.92 Å². The minimum Gasteiger partial charge on any atom is -0.383 e. The van der Waals surface area contributed by atoms with E-state index in [2.05, 4.69) is 9.97 Å². The number of nitrogens with two attached hydrogens (primary N) is 1. The Balaban J connectivity index is 3.22. The zero-order valence-corrected chi connectivity index (χ0v) is 9.55. The van der Waals surface area contributed by atoms with Crippen LogP contribution in [0.25, 0.3) is 0 Å². The molecule has 5 nitrogen and oxygen atoms in total. The number of nitrogen functional groups attached to an aromatic ring is 1. The van der Waals surface area contributed by atoms with Crippen molar-refractivity contribution in [2.75, 3.05) is 12.3 Å². The zero-order chi connectivity index (χ0) is 11.6. The summed E-state index contributed by atoms with van der Waals surface area (Å²) in [6.07, 6.45) is 0. The smallest absolute Gasteiger partial charge is 0.255 e. The Bertz CT molecular complexity index is 410. The normalized spacial score (nSPS) is 11.7. The summed E-state index contributed by atoms with van der Waals surface area (Å²) >= 11 is 0. The first-order valence-electron chi connectivity index (χ1n) is 4.89. The molecule has 1 rings (SSSR count). The van der Waals surface area contributed by atoms with Gasteiger partial charge in [-0.3, -0.25) is 4.79 Å². The summed E-state index contributed by atoms with van der Waals surface area (Å²) in [7, 11) is 0. The Morgan fingerprint density at radius 1 is 1.53 bits per heavy atom. The largest absolute Gasteiger partial charge is 0.383 e. The number of hydrogen-bond acceptors (Lipinski definition) is 4. The number of anilines is 1. The van der Waals surface area contributed by atoms with Crippen LogP contribution in [0.15, 0.2) is 4.79 Å². The lowest BCUT2D eigenvalue weighted by Gasteiger charge is -2.23. The van der Waals surface area contributed by atoms with E-state index in [0.29, 0.717) is 18.0 Å². The Labute approximate surface area is 88.7 Å². The molecule has 0 spiro atoms. The maximum Gasteiger partial charge on any atom is 0.255 e. The quantitative estimate of drug-likeness (QED) is 0.779. The van der Waals surface area contributed by atoms with Crippen LogP contribution in [0.5, 0.6) is 0 Å². The monoisotopic (exact) mass is 211 g/mol. The van der Waals surface area contributed by atoms with Crippen LogP contribution in [-0.2, 0) is 10.3 Å². The van der Waals surface area contributed by atoms with E-state index in [1.807, 2.05) is 20.8 Å². The molecule has 15 heavy (non-hydrogen) atoms. The molecule has 0 unspecified atom stereocenters. The molecule has 1 heterocycles. The number of nitrogens with zero attached hydrogens (tertiary/aromatic N) is 1. The van der Waals surface area contributed by atoms with Crippen LogP contribution < -0.4 is 11.3 Å². The van der Waals surface area contributed by atoms with E-state index >= 15 is 0 Å². The second-order valence-corrected chi connectivity index (χ2v) is 3.87. The van der Waals surface area contributed by atoms with Gasteiger partial charge in [-0.15, -0.1) is 0 Å². The van der Waals surface area contributed by atoms with Crippen molar-refractivity contribution in [3.8, 4) is 0 Å². The molecular weight excluding hydrogens is 194 g/mol. The van der Waals surface area contributed by atoms with Gasteiger partial charge in [-0.1, -0.05) is 0 Å². The van der Waals surface area contributed by atoms with Gasteiger partial charge in [-0.05, 0) is 27.7 Å². The highest BCUT2D eigenvalue weighted by molar-refractivity contribution is 5.36. The molecule has 1 aromatic heterocycles. The average Bonchev–Trinajstić information content (AvgIpc) is 2.13. The minimum absolute atomic E-state index is 0.217. The van der Waals surface area contributed by atoms with Crippen molar-refractivity contribution < 1.29 is 4.74 Å². The fourth-order valence-corrected chi connectivity index (χ4v) is 1.26. The average molecular weight is 211 g/mol. The van der Waals surface area contributed by atoms with Crippen LogP contribution in [0.1, 0.15) is 32.2 Å². The molecule has 0 fully saturated rings. The molecule has 0 saturated carbocycles. The number of H-pyrrole nitrogens is 1. The summed E-state index contributed by atoms with van der Waals surface area (Å²) < 4.78 is 5.48. The van der Waals surface area contributed by atoms with Crippen molar-refractivity contribution in [1.29, 1.82) is 0 Å². The Morgan fingerprint density at radius 3 is 2.60 bits per heavy atom. The molecule has 1 aromatic rings. The van der Waals surface area contributed by atoms with Crippen molar-refractivity contribution in [2.24, 2.45) is 0 Å². The third-order valence-electron chi connectivity index (χ3n) is 2.26. The van der Waals surface area contributed by atoms with Crippen LogP contribution in [-0.4, -0.2) is 16.6 Å². The third-order valence-corrected chi connectivity index (χ3v) is 2.26. The van der Waals surface area contributed by atoms with E-state index in [0.717, 1.165) is 0 Å². The van der Waals surface area contributed by atoms with Gasteiger partial charge < -0.3 is 15.5 Å². The summed E-state index contributed by atoms with van der Waals surface area (Å²) in [5.74, 6) is 0.707. The second kappa shape index (κ2) is 4.02. The van der Waals surface area contributed by atoms with Gasteiger partial charge in [0.05, 0.1) is 5.56 Å². The molecule has 3 N–H and O–H groups in total. The highest BCUT2D eigenvalue weighted by Gasteiger charge is 2.24. The van der Waals surface area contributed by atoms with Crippen molar-refractivity contribution in [2.45, 2.75) is 33.3 Å². The molecule has 0 atom stereocenters. The van der Waals surface area contributed by atoms with Gasteiger partial charge in [0, 0.05) is 6.61 Å². The first kappa shape index (κ1) is 11.7. The van der Waals surface area contributed by atoms with Gasteiger partial charge >= 0.3 is 0 Å². The molecule has 84 valence electrons. The summed E-state index contributed by atoms with van der Waals surface area (Å²) in [5, 5.41) is 0. The first-order valence-corrected chi connectivity index (χ1v) is 4.89. The number of ether oxygens (including phenoxy) is 1. The molecule has 0 aliphatic heterocycles. The number of hydrogen-bond donors (Lipinski definition) is 2. The number of rotatable bonds is 3. The van der Waals surface area contributed by atoms with Gasteiger partial charge in [0.15, 0.2) is 0 Å². The minimum atomic E-state index is -0.629. The van der Waals surface area contributed by atoms with E-state index in [-0.39, 0.29) is 11.4 Å². The Hall–Kier alpha value is -1.36. The van der Waals surface area contributed by atoms with E-state index in [1.165, 1.54) is 0 Å². The van der Waals surface area contributed by atoms with E-state index in [1.54, 1.807) is 6.92 Å². The molecular formula is C10H17N3O2. The Kier molecular flexibility index (Phi) is 3.14. The topological polar surface area (TPSA) is 81.0 Å². The van der Waals surface area contributed by atoms with E-state index < -0.39 is 5.60 Å². The van der Waals surface area contributed by atoms with Gasteiger partial charge in [-0.25, -0.2) is 4.98 Å². The van der Waals surface area contributed by atoms with Gasteiger partial charge in [0.1, 0.15) is 17.2 Å². The first-order chi connectivity index (χ1) is 6.88. The fourth-order valence-electron chi connectivity index (χ4n) is 1.26. The summed E-state index contributed by atoms with van der Waals surface area (Å²) in [6.45, 7) is 7.74. The van der Waals surface area contributed by atoms with Crippen molar-refractivity contribution >= 4 is 5.82 Å². The summed E-state index contributed by atoms with van der Waals surface area (Å²) in [6, 6.07) is 0. The predicted molar refractivity (Wildman–Crippen MR) is 58.7 cm³/mol. The lowest BCUT2D eigenvalue weighted by atomic mass is 10.1. The highest BCUT2D eigenvalue weighted by atomic mass is 16.5.